The van der Waals surface area contributed by atoms with Gasteiger partial charge < -0.3 is 24.4 Å². The Morgan fingerprint density at radius 1 is 1.11 bits per heavy atom. The number of thioether (sulfide) groups is 1. The molecule has 0 radical (unpaired) electrons. The van der Waals surface area contributed by atoms with Gasteiger partial charge in [-0.3, -0.25) is 14.4 Å². The van der Waals surface area contributed by atoms with Crippen molar-refractivity contribution < 1.29 is 28.6 Å². The van der Waals surface area contributed by atoms with E-state index in [1.807, 2.05) is 19.1 Å². The second-order valence-electron chi connectivity index (χ2n) is 5.85. The maximum Gasteiger partial charge on any atom is 0.316 e. The van der Waals surface area contributed by atoms with Gasteiger partial charge in [0.15, 0.2) is 18.1 Å². The van der Waals surface area contributed by atoms with Gasteiger partial charge in [0.1, 0.15) is 0 Å². The summed E-state index contributed by atoms with van der Waals surface area (Å²) in [5.74, 6) is 0.733. The Balaban J connectivity index is 2.37. The molecule has 0 bridgehead atoms. The first-order chi connectivity index (χ1) is 12.8. The van der Waals surface area contributed by atoms with Crippen LogP contribution in [-0.2, 0) is 24.9 Å². The fourth-order valence-corrected chi connectivity index (χ4v) is 2.88. The van der Waals surface area contributed by atoms with E-state index in [2.05, 4.69) is 5.32 Å². The topological polar surface area (TPSA) is 94.2 Å². The second kappa shape index (κ2) is 11.3. The third kappa shape index (κ3) is 7.78. The maximum atomic E-state index is 11.7. The van der Waals surface area contributed by atoms with Gasteiger partial charge in [0.25, 0.3) is 5.91 Å². The molecule has 0 aromatic heterocycles. The Kier molecular flexibility index (Phi) is 9.49. The summed E-state index contributed by atoms with van der Waals surface area (Å²) >= 11 is 1.37. The highest BCUT2D eigenvalue weighted by molar-refractivity contribution is 7.99. The van der Waals surface area contributed by atoms with E-state index < -0.39 is 18.5 Å². The fourth-order valence-electron chi connectivity index (χ4n) is 1.99. The molecule has 0 heterocycles. The van der Waals surface area contributed by atoms with E-state index in [9.17, 15) is 14.4 Å². The Morgan fingerprint density at radius 3 is 2.33 bits per heavy atom. The van der Waals surface area contributed by atoms with Crippen molar-refractivity contribution in [1.29, 1.82) is 0 Å². The molecule has 0 aliphatic carbocycles. The number of amides is 2. The minimum atomic E-state index is -0.515. The van der Waals surface area contributed by atoms with Crippen LogP contribution in [0.25, 0.3) is 0 Å². The van der Waals surface area contributed by atoms with Gasteiger partial charge in [-0.2, -0.15) is 0 Å². The van der Waals surface area contributed by atoms with E-state index in [0.717, 1.165) is 11.1 Å². The van der Waals surface area contributed by atoms with Crippen molar-refractivity contribution in [1.82, 2.24) is 10.2 Å². The lowest BCUT2D eigenvalue weighted by atomic mass is 10.1. The third-order valence-electron chi connectivity index (χ3n) is 3.62. The highest BCUT2D eigenvalue weighted by Crippen LogP contribution is 2.31. The lowest BCUT2D eigenvalue weighted by molar-refractivity contribution is -0.146. The number of nitrogens with one attached hydrogen (secondary N) is 1. The average molecular weight is 398 g/mol. The van der Waals surface area contributed by atoms with Gasteiger partial charge in [0.05, 0.1) is 26.5 Å². The number of esters is 1. The molecule has 0 atom stereocenters. The molecule has 0 fully saturated rings. The molecule has 9 heteroatoms. The van der Waals surface area contributed by atoms with E-state index in [0.29, 0.717) is 17.3 Å². The monoisotopic (exact) mass is 398 g/mol. The SMILES string of the molecule is COc1cc(C)c(CSCC(=O)OCC(=O)NCC(=O)N(C)C)cc1OC. The number of rotatable bonds is 10. The summed E-state index contributed by atoms with van der Waals surface area (Å²) in [6, 6.07) is 3.76. The Hall–Kier alpha value is -2.42. The Morgan fingerprint density at radius 2 is 1.74 bits per heavy atom. The van der Waals surface area contributed by atoms with Gasteiger partial charge in [-0.25, -0.2) is 0 Å². The maximum absolute atomic E-state index is 11.7. The molecule has 1 aromatic rings. The molecule has 0 aliphatic heterocycles. The fraction of sp³-hybridized carbons (Fsp3) is 0.500. The van der Waals surface area contributed by atoms with E-state index in [-0.39, 0.29) is 18.2 Å². The van der Waals surface area contributed by atoms with Gasteiger partial charge >= 0.3 is 5.97 Å². The first kappa shape index (κ1) is 22.6. The number of ether oxygens (including phenoxy) is 3. The summed E-state index contributed by atoms with van der Waals surface area (Å²) in [5.41, 5.74) is 2.05. The van der Waals surface area contributed by atoms with E-state index in [4.69, 9.17) is 14.2 Å². The number of carbonyl (C=O) groups excluding carboxylic acids is 3. The molecular formula is C18H26N2O6S. The van der Waals surface area contributed by atoms with Crippen LogP contribution in [0.2, 0.25) is 0 Å². The van der Waals surface area contributed by atoms with Crippen molar-refractivity contribution >= 4 is 29.5 Å². The predicted molar refractivity (Wildman–Crippen MR) is 103 cm³/mol. The van der Waals surface area contributed by atoms with E-state index >= 15 is 0 Å². The highest BCUT2D eigenvalue weighted by Gasteiger charge is 2.12. The van der Waals surface area contributed by atoms with Crippen LogP contribution in [0.15, 0.2) is 12.1 Å². The van der Waals surface area contributed by atoms with Gasteiger partial charge in [0, 0.05) is 19.8 Å². The first-order valence-corrected chi connectivity index (χ1v) is 9.35. The van der Waals surface area contributed by atoms with Crippen molar-refractivity contribution in [3.8, 4) is 11.5 Å². The number of methoxy groups -OCH3 is 2. The number of likely N-dealkylation sites (N-methyl/N-ethyl adjacent to an activating group) is 1. The molecule has 0 unspecified atom stereocenters. The van der Waals surface area contributed by atoms with Gasteiger partial charge in [-0.1, -0.05) is 0 Å². The number of hydrogen-bond donors (Lipinski definition) is 1. The molecule has 0 saturated carbocycles. The van der Waals surface area contributed by atoms with Gasteiger partial charge in [0.2, 0.25) is 5.91 Å². The quantitative estimate of drug-likeness (QED) is 0.588. The molecule has 0 spiro atoms. The average Bonchev–Trinajstić information content (AvgIpc) is 2.64. The lowest BCUT2D eigenvalue weighted by Gasteiger charge is -2.12. The summed E-state index contributed by atoms with van der Waals surface area (Å²) in [5, 5.41) is 2.39. The molecule has 150 valence electrons. The van der Waals surface area contributed by atoms with Crippen LogP contribution in [0.5, 0.6) is 11.5 Å². The summed E-state index contributed by atoms with van der Waals surface area (Å²) < 4.78 is 15.4. The van der Waals surface area contributed by atoms with Gasteiger partial charge in [-0.05, 0) is 30.2 Å². The number of aryl methyl sites for hydroxylation is 1. The van der Waals surface area contributed by atoms with Crippen molar-refractivity contribution in [2.75, 3.05) is 47.2 Å². The summed E-state index contributed by atoms with van der Waals surface area (Å²) in [4.78, 5) is 36.0. The van der Waals surface area contributed by atoms with Crippen LogP contribution < -0.4 is 14.8 Å². The largest absolute Gasteiger partial charge is 0.493 e. The number of carbonyl (C=O) groups is 3. The first-order valence-electron chi connectivity index (χ1n) is 8.20. The summed E-state index contributed by atoms with van der Waals surface area (Å²) in [7, 11) is 6.32. The highest BCUT2D eigenvalue weighted by atomic mass is 32.2. The third-order valence-corrected chi connectivity index (χ3v) is 4.57. The van der Waals surface area contributed by atoms with Crippen molar-refractivity contribution in [2.45, 2.75) is 12.7 Å². The van der Waals surface area contributed by atoms with Crippen molar-refractivity contribution in [3.63, 3.8) is 0 Å². The molecule has 8 nitrogen and oxygen atoms in total. The number of benzene rings is 1. The molecule has 0 saturated heterocycles. The van der Waals surface area contributed by atoms with Gasteiger partial charge in [-0.15, -0.1) is 11.8 Å². The van der Waals surface area contributed by atoms with Crippen LogP contribution in [0.3, 0.4) is 0 Å². The van der Waals surface area contributed by atoms with E-state index in [1.165, 1.54) is 16.7 Å². The Bertz CT molecular complexity index is 678. The zero-order chi connectivity index (χ0) is 20.4. The second-order valence-corrected chi connectivity index (χ2v) is 6.84. The van der Waals surface area contributed by atoms with Crippen LogP contribution in [0.1, 0.15) is 11.1 Å². The van der Waals surface area contributed by atoms with Crippen LogP contribution in [-0.4, -0.2) is 69.9 Å². The molecule has 2 amide bonds. The standard InChI is InChI=1S/C18H26N2O6S/c1-12-6-14(24-4)15(25-5)7-13(12)10-27-11-18(23)26-9-16(21)19-8-17(22)20(2)3/h6-7H,8-11H2,1-5H3,(H,19,21). The smallest absolute Gasteiger partial charge is 0.316 e. The predicted octanol–water partition coefficient (Wildman–Crippen LogP) is 0.993. The minimum Gasteiger partial charge on any atom is -0.493 e. The number of hydrogen-bond acceptors (Lipinski definition) is 7. The molecule has 1 N–H and O–H groups in total. The van der Waals surface area contributed by atoms with Crippen molar-refractivity contribution in [3.05, 3.63) is 23.3 Å². The molecule has 0 aliphatic rings. The Labute approximate surface area is 163 Å². The summed E-state index contributed by atoms with van der Waals surface area (Å²) in [6.07, 6.45) is 0. The zero-order valence-electron chi connectivity index (χ0n) is 16.3. The molecule has 27 heavy (non-hydrogen) atoms. The molecule has 1 aromatic carbocycles. The molecular weight excluding hydrogens is 372 g/mol. The summed E-state index contributed by atoms with van der Waals surface area (Å²) in [6.45, 7) is 1.42. The zero-order valence-corrected chi connectivity index (χ0v) is 17.1. The molecule has 1 rings (SSSR count). The van der Waals surface area contributed by atoms with Crippen LogP contribution in [0, 0.1) is 6.92 Å². The van der Waals surface area contributed by atoms with Crippen LogP contribution >= 0.6 is 11.8 Å². The minimum absolute atomic E-state index is 0.109. The van der Waals surface area contributed by atoms with Crippen molar-refractivity contribution in [2.24, 2.45) is 0 Å². The van der Waals surface area contributed by atoms with Crippen LogP contribution in [0.4, 0.5) is 0 Å². The normalized spacial score (nSPS) is 10.1. The van der Waals surface area contributed by atoms with E-state index in [1.54, 1.807) is 28.3 Å². The number of nitrogens with zero attached hydrogens (tertiary/aromatic N) is 1. The lowest BCUT2D eigenvalue weighted by Crippen LogP contribution is -2.38.